The standard InChI is InChI=1S/C13H19NO4S2/c15-12(16)10-11-6-7-13(19-11)20(17,18)14-8-4-2-1-3-5-9-14/h6-7H,1-5,8-10H2,(H,15,16). The second-order valence-electron chi connectivity index (χ2n) is 4.96. The predicted octanol–water partition coefficient (Wildman–Crippen LogP) is 2.33. The van der Waals surface area contributed by atoms with Crippen LogP contribution in [-0.4, -0.2) is 36.9 Å². The minimum absolute atomic E-state index is 0.125. The third kappa shape index (κ3) is 3.80. The molecule has 2 rings (SSSR count). The van der Waals surface area contributed by atoms with Gasteiger partial charge in [0.25, 0.3) is 10.0 Å². The lowest BCUT2D eigenvalue weighted by Gasteiger charge is -2.23. The molecule has 0 aliphatic carbocycles. The number of aliphatic carboxylic acids is 1. The SMILES string of the molecule is O=C(O)Cc1ccc(S(=O)(=O)N2CCCCCCC2)s1. The van der Waals surface area contributed by atoms with E-state index >= 15 is 0 Å². The molecule has 20 heavy (non-hydrogen) atoms. The largest absolute Gasteiger partial charge is 0.481 e. The number of hydrogen-bond donors (Lipinski definition) is 1. The van der Waals surface area contributed by atoms with Crippen molar-refractivity contribution < 1.29 is 18.3 Å². The first kappa shape index (κ1) is 15.5. The molecule has 0 saturated carbocycles. The van der Waals surface area contributed by atoms with Crippen LogP contribution in [0.5, 0.6) is 0 Å². The average molecular weight is 317 g/mol. The maximum absolute atomic E-state index is 12.5. The van der Waals surface area contributed by atoms with E-state index in [4.69, 9.17) is 5.11 Å². The highest BCUT2D eigenvalue weighted by atomic mass is 32.2. The van der Waals surface area contributed by atoms with Gasteiger partial charge < -0.3 is 5.11 Å². The van der Waals surface area contributed by atoms with Crippen molar-refractivity contribution in [2.24, 2.45) is 0 Å². The Labute approximate surface area is 123 Å². The fourth-order valence-electron chi connectivity index (χ4n) is 2.33. The third-order valence-corrected chi connectivity index (χ3v) is 6.82. The average Bonchev–Trinajstić information content (AvgIpc) is 2.76. The summed E-state index contributed by atoms with van der Waals surface area (Å²) in [4.78, 5) is 11.2. The van der Waals surface area contributed by atoms with E-state index in [1.165, 1.54) is 12.5 Å². The van der Waals surface area contributed by atoms with E-state index in [-0.39, 0.29) is 10.6 Å². The Bertz CT molecular complexity index is 557. The van der Waals surface area contributed by atoms with Crippen LogP contribution in [0.1, 0.15) is 37.0 Å². The van der Waals surface area contributed by atoms with Crippen LogP contribution in [0, 0.1) is 0 Å². The van der Waals surface area contributed by atoms with Gasteiger partial charge in [-0.1, -0.05) is 19.3 Å². The molecular weight excluding hydrogens is 298 g/mol. The van der Waals surface area contributed by atoms with E-state index < -0.39 is 16.0 Å². The molecule has 1 aromatic rings. The van der Waals surface area contributed by atoms with Gasteiger partial charge in [0.15, 0.2) is 0 Å². The van der Waals surface area contributed by atoms with Crippen LogP contribution >= 0.6 is 11.3 Å². The Balaban J connectivity index is 2.15. The van der Waals surface area contributed by atoms with E-state index in [2.05, 4.69) is 0 Å². The lowest BCUT2D eigenvalue weighted by Crippen LogP contribution is -2.33. The highest BCUT2D eigenvalue weighted by Gasteiger charge is 2.26. The van der Waals surface area contributed by atoms with Crippen molar-refractivity contribution in [1.29, 1.82) is 0 Å². The molecule has 5 nitrogen and oxygen atoms in total. The fourth-order valence-corrected chi connectivity index (χ4v) is 5.35. The molecule has 2 heterocycles. The second-order valence-corrected chi connectivity index (χ2v) is 8.30. The molecule has 1 aliphatic rings. The summed E-state index contributed by atoms with van der Waals surface area (Å²) >= 11 is 1.06. The summed E-state index contributed by atoms with van der Waals surface area (Å²) in [5, 5.41) is 8.74. The number of rotatable bonds is 4. The zero-order valence-electron chi connectivity index (χ0n) is 11.2. The Morgan fingerprint density at radius 1 is 1.15 bits per heavy atom. The number of carboxylic acid groups (broad SMARTS) is 1. The Morgan fingerprint density at radius 3 is 2.35 bits per heavy atom. The topological polar surface area (TPSA) is 74.7 Å². The van der Waals surface area contributed by atoms with Gasteiger partial charge in [0, 0.05) is 18.0 Å². The lowest BCUT2D eigenvalue weighted by atomic mass is 10.1. The van der Waals surface area contributed by atoms with E-state index in [0.29, 0.717) is 18.0 Å². The molecule has 1 N–H and O–H groups in total. The van der Waals surface area contributed by atoms with Crippen LogP contribution < -0.4 is 0 Å². The molecule has 1 aromatic heterocycles. The van der Waals surface area contributed by atoms with Gasteiger partial charge in [0.05, 0.1) is 6.42 Å². The summed E-state index contributed by atoms with van der Waals surface area (Å²) in [6, 6.07) is 3.12. The Morgan fingerprint density at radius 2 is 1.75 bits per heavy atom. The molecule has 112 valence electrons. The van der Waals surface area contributed by atoms with Crippen LogP contribution in [0.25, 0.3) is 0 Å². The van der Waals surface area contributed by atoms with Crippen LogP contribution in [0.2, 0.25) is 0 Å². The molecule has 1 fully saturated rings. The summed E-state index contributed by atoms with van der Waals surface area (Å²) in [7, 11) is -3.46. The van der Waals surface area contributed by atoms with Gasteiger partial charge in [-0.05, 0) is 25.0 Å². The predicted molar refractivity (Wildman–Crippen MR) is 77.5 cm³/mol. The highest BCUT2D eigenvalue weighted by molar-refractivity contribution is 7.91. The highest BCUT2D eigenvalue weighted by Crippen LogP contribution is 2.26. The molecule has 0 aromatic carbocycles. The van der Waals surface area contributed by atoms with Crippen molar-refractivity contribution in [3.63, 3.8) is 0 Å². The lowest BCUT2D eigenvalue weighted by molar-refractivity contribution is -0.136. The first-order valence-electron chi connectivity index (χ1n) is 6.81. The third-order valence-electron chi connectivity index (χ3n) is 3.37. The van der Waals surface area contributed by atoms with Gasteiger partial charge in [0.2, 0.25) is 0 Å². The normalized spacial score (nSPS) is 18.4. The van der Waals surface area contributed by atoms with Gasteiger partial charge in [0.1, 0.15) is 4.21 Å². The van der Waals surface area contributed by atoms with Crippen LogP contribution in [-0.2, 0) is 21.2 Å². The van der Waals surface area contributed by atoms with Crippen LogP contribution in [0.3, 0.4) is 0 Å². The van der Waals surface area contributed by atoms with Gasteiger partial charge >= 0.3 is 5.97 Å². The zero-order valence-corrected chi connectivity index (χ0v) is 12.9. The molecule has 0 radical (unpaired) electrons. The maximum atomic E-state index is 12.5. The molecule has 0 atom stereocenters. The molecule has 0 bridgehead atoms. The van der Waals surface area contributed by atoms with Gasteiger partial charge in [-0.3, -0.25) is 4.79 Å². The van der Waals surface area contributed by atoms with Gasteiger partial charge in [-0.15, -0.1) is 11.3 Å². The quantitative estimate of drug-likeness (QED) is 0.925. The zero-order chi connectivity index (χ0) is 14.6. The Hall–Kier alpha value is -0.920. The fraction of sp³-hybridized carbons (Fsp3) is 0.615. The van der Waals surface area contributed by atoms with E-state index in [0.717, 1.165) is 37.0 Å². The van der Waals surface area contributed by atoms with Crippen molar-refractivity contribution in [2.45, 2.75) is 42.7 Å². The number of thiophene rings is 1. The first-order chi connectivity index (χ1) is 9.50. The van der Waals surface area contributed by atoms with Gasteiger partial charge in [-0.25, -0.2) is 8.42 Å². The number of nitrogens with zero attached hydrogens (tertiary/aromatic N) is 1. The summed E-state index contributed by atoms with van der Waals surface area (Å²) in [6.45, 7) is 1.13. The minimum Gasteiger partial charge on any atom is -0.481 e. The number of carboxylic acids is 1. The molecule has 0 spiro atoms. The van der Waals surface area contributed by atoms with Crippen molar-refractivity contribution in [1.82, 2.24) is 4.31 Å². The first-order valence-corrected chi connectivity index (χ1v) is 9.06. The molecule has 0 amide bonds. The number of hydrogen-bond acceptors (Lipinski definition) is 4. The molecule has 1 aliphatic heterocycles. The van der Waals surface area contributed by atoms with Crippen molar-refractivity contribution in [3.05, 3.63) is 17.0 Å². The monoisotopic (exact) mass is 317 g/mol. The second kappa shape index (κ2) is 6.69. The summed E-state index contributed by atoms with van der Waals surface area (Å²) in [5.74, 6) is -0.943. The van der Waals surface area contributed by atoms with Crippen molar-refractivity contribution in [2.75, 3.05) is 13.1 Å². The molecular formula is C13H19NO4S2. The van der Waals surface area contributed by atoms with Crippen LogP contribution in [0.4, 0.5) is 0 Å². The van der Waals surface area contributed by atoms with E-state index in [1.807, 2.05) is 0 Å². The maximum Gasteiger partial charge on any atom is 0.308 e. The van der Waals surface area contributed by atoms with E-state index in [1.54, 1.807) is 10.4 Å². The molecule has 1 saturated heterocycles. The molecule has 7 heteroatoms. The summed E-state index contributed by atoms with van der Waals surface area (Å²) in [5.41, 5.74) is 0. The Kier molecular flexibility index (Phi) is 5.17. The number of carbonyl (C=O) groups is 1. The number of sulfonamides is 1. The minimum atomic E-state index is -3.46. The smallest absolute Gasteiger partial charge is 0.308 e. The van der Waals surface area contributed by atoms with E-state index in [9.17, 15) is 13.2 Å². The van der Waals surface area contributed by atoms with Gasteiger partial charge in [-0.2, -0.15) is 4.31 Å². The summed E-state index contributed by atoms with van der Waals surface area (Å²) < 4.78 is 26.9. The van der Waals surface area contributed by atoms with Crippen LogP contribution in [0.15, 0.2) is 16.3 Å². The van der Waals surface area contributed by atoms with Crippen molar-refractivity contribution >= 4 is 27.3 Å². The summed E-state index contributed by atoms with van der Waals surface area (Å²) in [6.07, 6.45) is 4.98. The van der Waals surface area contributed by atoms with Crippen molar-refractivity contribution in [3.8, 4) is 0 Å². The molecule has 0 unspecified atom stereocenters.